The van der Waals surface area contributed by atoms with Crippen LogP contribution < -0.4 is 26.0 Å². The number of anilines is 4. The number of nitrogens with zero attached hydrogens (tertiary/aromatic N) is 17. The fraction of sp³-hybridized carbons (Fsp3) is 0.673. The number of aliphatic carboxylic acids is 1. The summed E-state index contributed by atoms with van der Waals surface area (Å²) < 4.78 is 6.33. The van der Waals surface area contributed by atoms with Crippen LogP contribution in [0.25, 0.3) is 51.1 Å². The molecule has 12 aliphatic rings. The Hall–Kier alpha value is -8.08. The number of carbonyl (C=O) groups is 4. The number of rotatable bonds is 26. The van der Waals surface area contributed by atoms with Crippen molar-refractivity contribution in [2.24, 2.45) is 0 Å². The second-order valence-corrected chi connectivity index (χ2v) is 48.1. The van der Waals surface area contributed by atoms with Crippen LogP contribution >= 0.6 is 56.7 Å². The van der Waals surface area contributed by atoms with Gasteiger partial charge < -0.3 is 85.8 Å². The van der Waals surface area contributed by atoms with Gasteiger partial charge in [-0.3, -0.25) is 19.2 Å². The average Bonchev–Trinajstić information content (AvgIpc) is 1.62. The lowest BCUT2D eigenvalue weighted by atomic mass is 9.90. The van der Waals surface area contributed by atoms with Gasteiger partial charge in [0.05, 0.1) is 52.2 Å². The maximum atomic E-state index is 12.9. The van der Waals surface area contributed by atoms with Crippen molar-refractivity contribution in [3.63, 3.8) is 0 Å². The Morgan fingerprint density at radius 3 is 0.986 bits per heavy atom. The van der Waals surface area contributed by atoms with Crippen LogP contribution in [0, 0.1) is 0 Å². The summed E-state index contributed by atoms with van der Waals surface area (Å²) in [5.41, 5.74) is 6.21. The molecule has 10 aromatic rings. The second-order valence-electron chi connectivity index (χ2n) is 42.7. The number of aliphatic hydroxyl groups is 4. The number of carboxylic acid groups (broad SMARTS) is 1. The minimum atomic E-state index is -0.726. The number of thiophene rings is 5. The third-order valence-electron chi connectivity index (χ3n) is 32.7. The number of β-amino-alcohol motifs (C(OH)–C–C–N with tert-alkyl or cyclic N) is 2. The monoisotopic (exact) mass is 2010 g/mol. The first-order valence-electron chi connectivity index (χ1n) is 52.0. The van der Waals surface area contributed by atoms with E-state index in [4.69, 9.17) is 9.84 Å². The maximum absolute atomic E-state index is 12.9. The molecule has 0 spiro atoms. The number of hydrogen-bond acceptors (Lipinski definition) is 33. The van der Waals surface area contributed by atoms with E-state index in [0.717, 1.165) is 214 Å². The third kappa shape index (κ3) is 23.2. The average molecular weight is 2010 g/mol. The van der Waals surface area contributed by atoms with Crippen LogP contribution in [0.5, 0.6) is 5.88 Å². The minimum Gasteiger partial charge on any atom is -0.481 e. The summed E-state index contributed by atoms with van der Waals surface area (Å²) in [4.78, 5) is 122. The van der Waals surface area contributed by atoms with Gasteiger partial charge in [-0.2, -0.15) is 0 Å². The second kappa shape index (κ2) is 46.1. The zero-order chi connectivity index (χ0) is 97.7. The van der Waals surface area contributed by atoms with Gasteiger partial charge in [-0.25, -0.2) is 49.8 Å². The van der Waals surface area contributed by atoms with Gasteiger partial charge in [0, 0.05) is 143 Å². The number of aliphatic hydroxyl groups excluding tert-OH is 4. The highest BCUT2D eigenvalue weighted by molar-refractivity contribution is 7.20. The molecular weight excluding hydrogens is 1860 g/mol. The molecule has 36 heteroatoms. The largest absolute Gasteiger partial charge is 0.481 e. The number of likely N-dealkylation sites (tertiary alicyclic amines) is 2. The van der Waals surface area contributed by atoms with Gasteiger partial charge in [0.2, 0.25) is 17.7 Å². The Morgan fingerprint density at radius 2 is 0.664 bits per heavy atom. The number of nitrogens with one attached hydrogen (secondary N) is 4. The summed E-state index contributed by atoms with van der Waals surface area (Å²) in [7, 11) is 21.6. The van der Waals surface area contributed by atoms with Crippen molar-refractivity contribution in [1.29, 1.82) is 0 Å². The van der Waals surface area contributed by atoms with Gasteiger partial charge in [0.15, 0.2) is 0 Å². The van der Waals surface area contributed by atoms with Crippen molar-refractivity contribution in [3.8, 4) is 5.88 Å². The quantitative estimate of drug-likeness (QED) is 0.0243. The molecule has 7 fully saturated rings. The third-order valence-corrected chi connectivity index (χ3v) is 38.6. The zero-order valence-corrected chi connectivity index (χ0v) is 87.6. The van der Waals surface area contributed by atoms with Gasteiger partial charge in [0.25, 0.3) is 0 Å². The topological polar surface area (TPSA) is 378 Å². The standard InChI is InChI=1S/2C23H33N5O2S.C21H30N4O2S.C19H26N4O2S.C18H25N3O2S/c2*1-27(2)16-6-4-15(5-7-16)26-22-21-20-14(11-19(30)28-10-9-17(29)12-28)3-8-18(20)31-23(21)25-13-24-22;1-25(2)14-7-5-13(6-8-14)24-20-19-18-15(16(27)4-3-11-26)9-10-17(18)28-21(19)23-12-22-20;1-23(2)13-6-4-12(5-7-13)22-18-17-16-11(9-15(24)25)3-8-14(16)26-19(17)21-10-20-18;1-21(2)12-4-6-13(7-5-12)23-17-16-15-11(9-22)3-8-14(15)24-18(16)20-10-19-17/h2*13-17,29H,3-12H2,1-2H3,(H,24,25,26);12-15,26H,3-11H2,1-2H3,(H,22,23,24);10-13H,3-9H2,1-2H3,(H,24,25)(H,20,21,22);10-13,22H,3-9H2,1-2H3/t2*14?,15?,16?,17-;;;11-,12?,13?/m10..1/s1. The number of amides is 2. The molecule has 0 bridgehead atoms. The molecule has 10 aliphatic carbocycles. The van der Waals surface area contributed by atoms with Crippen LogP contribution in [0.15, 0.2) is 31.6 Å². The van der Waals surface area contributed by atoms with Crippen LogP contribution in [0.2, 0.25) is 0 Å². The summed E-state index contributed by atoms with van der Waals surface area (Å²) in [5, 5.41) is 68.0. The van der Waals surface area contributed by atoms with E-state index in [1.165, 1.54) is 111 Å². The highest BCUT2D eigenvalue weighted by atomic mass is 32.1. The summed E-state index contributed by atoms with van der Waals surface area (Å²) in [6, 6.07) is 5.09. The molecule has 31 nitrogen and oxygen atoms in total. The van der Waals surface area contributed by atoms with Crippen molar-refractivity contribution in [1.82, 2.24) is 84.1 Å². The van der Waals surface area contributed by atoms with E-state index in [-0.39, 0.29) is 85.1 Å². The van der Waals surface area contributed by atoms with Crippen molar-refractivity contribution in [2.45, 2.75) is 340 Å². The number of Topliss-reactive ketones (excluding diaryl/α,β-unsaturated/α-hetero) is 1. The minimum absolute atomic E-state index is 0.0636. The number of ketones is 1. The molecule has 4 unspecified atom stereocenters. The fourth-order valence-corrected chi connectivity index (χ4v) is 30.8. The molecule has 7 atom stereocenters. The highest BCUT2D eigenvalue weighted by Gasteiger charge is 2.42. The molecule has 9 N–H and O–H groups in total. The highest BCUT2D eigenvalue weighted by Crippen LogP contribution is 2.53. The van der Waals surface area contributed by atoms with Gasteiger partial charge >= 0.3 is 5.97 Å². The summed E-state index contributed by atoms with van der Waals surface area (Å²) in [5.74, 6) is 4.98. The van der Waals surface area contributed by atoms with E-state index in [2.05, 4.69) is 166 Å². The lowest BCUT2D eigenvalue weighted by Crippen LogP contribution is -2.36. The molecule has 2 amide bonds. The molecule has 22 rings (SSSR count). The number of aryl methyl sites for hydroxylation is 5. The van der Waals surface area contributed by atoms with E-state index in [0.29, 0.717) is 119 Å². The Bertz CT molecular complexity index is 5770. The smallest absolute Gasteiger partial charge is 0.303 e. The molecule has 10 aromatic heterocycles. The first-order chi connectivity index (χ1) is 67.8. The number of hydrogen-bond donors (Lipinski definition) is 9. The van der Waals surface area contributed by atoms with E-state index in [1.54, 1.807) is 88.3 Å². The number of carboxylic acids is 1. The predicted molar refractivity (Wildman–Crippen MR) is 560 cm³/mol. The molecular formula is C104H147N21O10S5. The van der Waals surface area contributed by atoms with Crippen molar-refractivity contribution >= 4 is 155 Å². The number of aromatic nitrogens is 10. The Balaban J connectivity index is 0.000000116. The van der Waals surface area contributed by atoms with Crippen LogP contribution in [-0.4, -0.2) is 316 Å². The molecule has 0 radical (unpaired) electrons. The van der Waals surface area contributed by atoms with Crippen LogP contribution in [0.4, 0.5) is 23.3 Å². The number of ether oxygens (including phenoxy) is 1. The van der Waals surface area contributed by atoms with E-state index < -0.39 is 5.97 Å². The normalized spacial score (nSPS) is 26.9. The Morgan fingerprint density at radius 1 is 0.364 bits per heavy atom. The van der Waals surface area contributed by atoms with Crippen LogP contribution in [-0.2, 0) is 51.3 Å². The number of fused-ring (bicyclic) bond motifs is 15. The first-order valence-corrected chi connectivity index (χ1v) is 56.1. The van der Waals surface area contributed by atoms with Crippen LogP contribution in [0.1, 0.15) is 287 Å². The van der Waals surface area contributed by atoms with Crippen molar-refractivity contribution < 1.29 is 49.4 Å². The lowest BCUT2D eigenvalue weighted by Gasteiger charge is -2.33. The molecule has 12 heterocycles. The molecule has 140 heavy (non-hydrogen) atoms. The number of carbonyl (C=O) groups excluding carboxylic acids is 3. The Kier molecular flexibility index (Phi) is 33.6. The van der Waals surface area contributed by atoms with Gasteiger partial charge in [0.1, 0.15) is 90.9 Å². The molecule has 0 aromatic carbocycles. The molecule has 5 saturated carbocycles. The lowest BCUT2D eigenvalue weighted by molar-refractivity contribution is -0.137. The maximum Gasteiger partial charge on any atom is 0.303 e. The fourth-order valence-electron chi connectivity index (χ4n) is 24.7. The van der Waals surface area contributed by atoms with Crippen LogP contribution in [0.3, 0.4) is 0 Å². The van der Waals surface area contributed by atoms with Crippen molar-refractivity contribution in [3.05, 3.63) is 83.8 Å². The first kappa shape index (κ1) is 102. The molecule has 2 aliphatic heterocycles. The zero-order valence-electron chi connectivity index (χ0n) is 83.5. The van der Waals surface area contributed by atoms with E-state index >= 15 is 0 Å². The molecule has 758 valence electrons. The summed E-state index contributed by atoms with van der Waals surface area (Å²) in [6.45, 7) is 2.58. The Labute approximate surface area is 843 Å². The van der Waals surface area contributed by atoms with Gasteiger partial charge in [-0.1, -0.05) is 0 Å². The SMILES string of the molecule is CN(C)C1CCC(Nc2ncnc3sc4c(c23)C(C(=O)CCCO)CC4)CC1.CN(C)C1CCC(Nc2ncnc3sc4c(c23)C(CC(=O)N2CC[C@@H](O)C2)CC4)CC1.CN(C)C1CCC(Nc2ncnc3sc4c(c23)C(CC(=O)N2CC[C@H](O)C2)CC4)CC1.CN(C)C1CCC(Nc2ncnc3sc4c(c23)C(CC(=O)O)CC4)CC1.CN(C)C1CCC(Oc2ncnc3sc4c(c23)[C@@H](CO)CC4)CC1. The van der Waals surface area contributed by atoms with Gasteiger partial charge in [-0.05, 0) is 328 Å². The molecule has 2 saturated heterocycles. The van der Waals surface area contributed by atoms with E-state index in [1.807, 2.05) is 9.80 Å². The van der Waals surface area contributed by atoms with E-state index in [9.17, 15) is 39.6 Å². The summed E-state index contributed by atoms with van der Waals surface area (Å²) >= 11 is 8.69. The van der Waals surface area contributed by atoms with Gasteiger partial charge in [-0.15, -0.1) is 56.7 Å². The van der Waals surface area contributed by atoms with Crippen molar-refractivity contribution in [2.75, 3.05) is 131 Å². The summed E-state index contributed by atoms with van der Waals surface area (Å²) in [6.07, 6.45) is 44.5. The predicted octanol–water partition coefficient (Wildman–Crippen LogP) is 15.8.